The Labute approximate surface area is 340 Å². The molecule has 0 bridgehead atoms. The van der Waals surface area contributed by atoms with Gasteiger partial charge in [0, 0.05) is 39.2 Å². The van der Waals surface area contributed by atoms with Gasteiger partial charge in [0.1, 0.15) is 11.2 Å². The van der Waals surface area contributed by atoms with Crippen molar-refractivity contribution in [2.24, 2.45) is 0 Å². The van der Waals surface area contributed by atoms with Gasteiger partial charge in [0.15, 0.2) is 0 Å². The van der Waals surface area contributed by atoms with E-state index in [0.29, 0.717) is 0 Å². The minimum Gasteiger partial charge on any atom is -0.456 e. The van der Waals surface area contributed by atoms with Crippen LogP contribution in [0.3, 0.4) is 0 Å². The normalized spacial score (nSPS) is 16.0. The molecule has 0 spiro atoms. The minimum atomic E-state index is 0.0192. The molecule has 0 fully saturated rings. The molecule has 0 radical (unpaired) electrons. The van der Waals surface area contributed by atoms with Gasteiger partial charge in [-0.1, -0.05) is 165 Å². The van der Waals surface area contributed by atoms with E-state index in [1.165, 1.54) is 49.7 Å². The molecule has 58 heavy (non-hydrogen) atoms. The van der Waals surface area contributed by atoms with Crippen molar-refractivity contribution in [1.29, 1.82) is 0 Å². The lowest BCUT2D eigenvalue weighted by molar-refractivity contribution is 0.529. The lowest BCUT2D eigenvalue weighted by Gasteiger charge is -2.31. The van der Waals surface area contributed by atoms with E-state index in [4.69, 9.17) is 4.42 Å². The van der Waals surface area contributed by atoms with Crippen molar-refractivity contribution in [3.8, 4) is 33.4 Å². The quantitative estimate of drug-likeness (QED) is 0.162. The number of nitrogens with zero attached hydrogens (tertiary/aromatic N) is 1. The number of hydrogen-bond acceptors (Lipinski definition) is 2. The Kier molecular flexibility index (Phi) is 8.08. The number of allylic oxidation sites excluding steroid dienone is 4. The van der Waals surface area contributed by atoms with Gasteiger partial charge < -0.3 is 9.32 Å². The van der Waals surface area contributed by atoms with Crippen molar-refractivity contribution >= 4 is 55.3 Å². The highest BCUT2D eigenvalue weighted by Crippen LogP contribution is 2.55. The van der Waals surface area contributed by atoms with Crippen LogP contribution in [0.2, 0.25) is 0 Å². The van der Waals surface area contributed by atoms with Crippen LogP contribution in [0.1, 0.15) is 44.2 Å². The van der Waals surface area contributed by atoms with Crippen LogP contribution in [0.15, 0.2) is 198 Å². The van der Waals surface area contributed by atoms with Crippen molar-refractivity contribution < 1.29 is 4.42 Å². The van der Waals surface area contributed by atoms with Crippen LogP contribution in [-0.2, 0) is 5.41 Å². The summed E-state index contributed by atoms with van der Waals surface area (Å²) in [6.07, 6.45) is 8.06. The third-order valence-electron chi connectivity index (χ3n) is 12.9. The first-order valence-electron chi connectivity index (χ1n) is 20.6. The summed E-state index contributed by atoms with van der Waals surface area (Å²) in [6, 6.07) is 64.2. The molecule has 0 aliphatic heterocycles. The van der Waals surface area contributed by atoms with Gasteiger partial charge in [-0.05, 0) is 111 Å². The number of anilines is 3. The molecule has 2 heteroatoms. The Bertz CT molecular complexity index is 3100. The zero-order chi connectivity index (χ0) is 38.8. The Morgan fingerprint density at radius 2 is 1.21 bits per heavy atom. The highest BCUT2D eigenvalue weighted by atomic mass is 16.3. The molecule has 1 unspecified atom stereocenters. The summed E-state index contributed by atoms with van der Waals surface area (Å²) < 4.78 is 6.53. The van der Waals surface area contributed by atoms with Crippen LogP contribution < -0.4 is 4.90 Å². The highest BCUT2D eigenvalue weighted by molar-refractivity contribution is 6.07. The van der Waals surface area contributed by atoms with Crippen LogP contribution in [0.25, 0.3) is 71.7 Å². The summed E-state index contributed by atoms with van der Waals surface area (Å²) in [6.45, 7) is 4.82. The van der Waals surface area contributed by atoms with Crippen LogP contribution in [0.5, 0.6) is 0 Å². The Morgan fingerprint density at radius 3 is 2.07 bits per heavy atom. The first-order valence-corrected chi connectivity index (χ1v) is 20.6. The maximum Gasteiger partial charge on any atom is 0.137 e. The molecule has 278 valence electrons. The molecule has 8 aromatic carbocycles. The van der Waals surface area contributed by atoms with Gasteiger partial charge in [-0.3, -0.25) is 0 Å². The van der Waals surface area contributed by atoms with E-state index < -0.39 is 0 Å². The average molecular weight is 746 g/mol. The van der Waals surface area contributed by atoms with Crippen molar-refractivity contribution in [3.63, 3.8) is 0 Å². The SMILES string of the molecule is CCC1(C)C2=C(C=CCC2)c2cccc(-c3ccc(N(c4ccc5c(c4)oc4ccccc45)c4cc(-c5cccc6ccccc56)ccc4-c4ccccc4)cc3)c21. The Hall–Kier alpha value is -6.90. The lowest BCUT2D eigenvalue weighted by Crippen LogP contribution is -2.22. The van der Waals surface area contributed by atoms with Crippen molar-refractivity contribution in [3.05, 3.63) is 205 Å². The summed E-state index contributed by atoms with van der Waals surface area (Å²) in [4.78, 5) is 2.42. The standard InChI is InChI=1S/C56H43NO/c1-3-56(2)51-25-11-9-20-47(51)50-24-14-23-46(55(50)56)39-27-30-41(31-28-39)57(42-32-34-49-48-21-10-12-26-53(48)58-54(49)36-42)52-35-40(29-33-45(52)38-15-5-4-6-16-38)44-22-13-18-37-17-7-8-19-43(37)44/h4-10,12-24,26-36H,3,11,25H2,1-2H3. The fourth-order valence-electron chi connectivity index (χ4n) is 9.94. The zero-order valence-electron chi connectivity index (χ0n) is 32.9. The fraction of sp³-hybridized carbons (Fsp3) is 0.107. The number of rotatable bonds is 7. The van der Waals surface area contributed by atoms with Crippen molar-refractivity contribution in [2.45, 2.75) is 38.5 Å². The van der Waals surface area contributed by atoms with E-state index in [0.717, 1.165) is 69.4 Å². The van der Waals surface area contributed by atoms with Crippen LogP contribution >= 0.6 is 0 Å². The molecule has 1 atom stereocenters. The van der Waals surface area contributed by atoms with E-state index in [9.17, 15) is 0 Å². The number of para-hydroxylation sites is 1. The highest BCUT2D eigenvalue weighted by Gasteiger charge is 2.41. The van der Waals surface area contributed by atoms with Crippen LogP contribution in [-0.4, -0.2) is 0 Å². The average Bonchev–Trinajstić information content (AvgIpc) is 3.79. The van der Waals surface area contributed by atoms with Crippen LogP contribution in [0, 0.1) is 0 Å². The van der Waals surface area contributed by atoms with Crippen LogP contribution in [0.4, 0.5) is 17.1 Å². The minimum absolute atomic E-state index is 0.0192. The van der Waals surface area contributed by atoms with Gasteiger partial charge >= 0.3 is 0 Å². The van der Waals surface area contributed by atoms with E-state index in [2.05, 4.69) is 201 Å². The van der Waals surface area contributed by atoms with Crippen molar-refractivity contribution in [2.75, 3.05) is 4.90 Å². The molecule has 11 rings (SSSR count). The number of benzene rings is 8. The molecule has 0 saturated heterocycles. The molecule has 1 aromatic heterocycles. The maximum atomic E-state index is 6.53. The first kappa shape index (κ1) is 34.4. The molecule has 1 heterocycles. The van der Waals surface area contributed by atoms with E-state index in [1.54, 1.807) is 5.57 Å². The summed E-state index contributed by atoms with van der Waals surface area (Å²) in [5, 5.41) is 4.72. The molecule has 2 nitrogen and oxygen atoms in total. The third-order valence-corrected chi connectivity index (χ3v) is 12.9. The molecule has 2 aliphatic carbocycles. The van der Waals surface area contributed by atoms with E-state index >= 15 is 0 Å². The summed E-state index contributed by atoms with van der Waals surface area (Å²) in [5.41, 5.74) is 18.2. The predicted molar refractivity (Wildman–Crippen MR) is 245 cm³/mol. The number of furan rings is 1. The number of fused-ring (bicyclic) bond motifs is 6. The first-order chi connectivity index (χ1) is 28.6. The van der Waals surface area contributed by atoms with E-state index in [1.807, 2.05) is 6.07 Å². The lowest BCUT2D eigenvalue weighted by atomic mass is 9.72. The second-order valence-corrected chi connectivity index (χ2v) is 16.0. The van der Waals surface area contributed by atoms with Gasteiger partial charge in [-0.25, -0.2) is 0 Å². The fourth-order valence-corrected chi connectivity index (χ4v) is 9.94. The van der Waals surface area contributed by atoms with E-state index in [-0.39, 0.29) is 5.41 Å². The maximum absolute atomic E-state index is 6.53. The largest absolute Gasteiger partial charge is 0.456 e. The summed E-state index contributed by atoms with van der Waals surface area (Å²) in [7, 11) is 0. The summed E-state index contributed by atoms with van der Waals surface area (Å²) in [5.74, 6) is 0. The third kappa shape index (κ3) is 5.40. The smallest absolute Gasteiger partial charge is 0.137 e. The van der Waals surface area contributed by atoms with Gasteiger partial charge in [0.2, 0.25) is 0 Å². The molecule has 0 amide bonds. The molecular formula is C56H43NO. The van der Waals surface area contributed by atoms with Crippen molar-refractivity contribution in [1.82, 2.24) is 0 Å². The zero-order valence-corrected chi connectivity index (χ0v) is 32.9. The Morgan fingerprint density at radius 1 is 0.534 bits per heavy atom. The van der Waals surface area contributed by atoms with Gasteiger partial charge in [-0.15, -0.1) is 0 Å². The monoisotopic (exact) mass is 745 g/mol. The predicted octanol–water partition coefficient (Wildman–Crippen LogP) is 16.0. The number of hydrogen-bond donors (Lipinski definition) is 0. The molecular weight excluding hydrogens is 703 g/mol. The second kappa shape index (κ2) is 13.6. The molecule has 9 aromatic rings. The molecule has 0 saturated carbocycles. The van der Waals surface area contributed by atoms with Gasteiger partial charge in [0.25, 0.3) is 0 Å². The Balaban J connectivity index is 1.12. The van der Waals surface area contributed by atoms with Gasteiger partial charge in [-0.2, -0.15) is 0 Å². The van der Waals surface area contributed by atoms with Gasteiger partial charge in [0.05, 0.1) is 5.69 Å². The molecule has 0 N–H and O–H groups in total. The summed E-state index contributed by atoms with van der Waals surface area (Å²) >= 11 is 0. The second-order valence-electron chi connectivity index (χ2n) is 16.0. The molecule has 2 aliphatic rings. The topological polar surface area (TPSA) is 16.4 Å².